The minimum absolute atomic E-state index is 0.268. The van der Waals surface area contributed by atoms with Crippen molar-refractivity contribution in [2.75, 3.05) is 11.9 Å². The van der Waals surface area contributed by atoms with Gasteiger partial charge >= 0.3 is 0 Å². The molecule has 0 N–H and O–H groups in total. The predicted molar refractivity (Wildman–Crippen MR) is 99.7 cm³/mol. The van der Waals surface area contributed by atoms with E-state index in [4.69, 9.17) is 16.3 Å². The van der Waals surface area contributed by atoms with E-state index in [1.807, 2.05) is 18.2 Å². The minimum Gasteiger partial charge on any atom is -0.490 e. The number of aromatic nitrogens is 1. The Labute approximate surface area is 151 Å². The maximum atomic E-state index is 6.31. The summed E-state index contributed by atoms with van der Waals surface area (Å²) in [6.45, 7) is 0.738. The lowest BCUT2D eigenvalue weighted by Crippen LogP contribution is -2.27. The van der Waals surface area contributed by atoms with E-state index in [0.29, 0.717) is 0 Å². The second-order valence-corrected chi connectivity index (χ2v) is 7.83. The summed E-state index contributed by atoms with van der Waals surface area (Å²) in [6, 6.07) is 5.85. The van der Waals surface area contributed by atoms with E-state index in [0.717, 1.165) is 37.2 Å². The molecular weight excluding hydrogens is 464 g/mol. The smallest absolute Gasteiger partial charge is 0.158 e. The number of pyridine rings is 1. The molecule has 1 saturated carbocycles. The standard InChI is InChI=1S/C16H16BrClINO/c17-9-16(5-1-2-6-16)10-21-15-13(19)8-12(18)11-4-3-7-20-14(11)15/h3-4,7-8H,1-2,5-6,9-10H2. The Morgan fingerprint density at radius 3 is 2.86 bits per heavy atom. The highest BCUT2D eigenvalue weighted by Gasteiger charge is 2.34. The fourth-order valence-corrected chi connectivity index (χ4v) is 4.84. The fraction of sp³-hybridized carbons (Fsp3) is 0.438. The van der Waals surface area contributed by atoms with Crippen molar-refractivity contribution >= 4 is 61.0 Å². The molecule has 1 aromatic carbocycles. The predicted octanol–water partition coefficient (Wildman–Crippen LogP) is 5.83. The van der Waals surface area contributed by atoms with Crippen molar-refractivity contribution in [3.63, 3.8) is 0 Å². The molecule has 0 spiro atoms. The molecule has 1 aromatic heterocycles. The highest BCUT2D eigenvalue weighted by Crippen LogP contribution is 2.41. The number of alkyl halides is 1. The second-order valence-electron chi connectivity index (χ2n) is 5.70. The van der Waals surface area contributed by atoms with Gasteiger partial charge in [-0.3, -0.25) is 4.98 Å². The lowest BCUT2D eigenvalue weighted by Gasteiger charge is -2.27. The zero-order valence-corrected chi connectivity index (χ0v) is 16.0. The number of hydrogen-bond acceptors (Lipinski definition) is 2. The van der Waals surface area contributed by atoms with E-state index in [2.05, 4.69) is 43.5 Å². The van der Waals surface area contributed by atoms with Crippen LogP contribution in [0.1, 0.15) is 25.7 Å². The van der Waals surface area contributed by atoms with Crippen LogP contribution < -0.4 is 4.74 Å². The highest BCUT2D eigenvalue weighted by molar-refractivity contribution is 14.1. The van der Waals surface area contributed by atoms with Gasteiger partial charge in [-0.2, -0.15) is 0 Å². The van der Waals surface area contributed by atoms with Crippen LogP contribution in [0.3, 0.4) is 0 Å². The van der Waals surface area contributed by atoms with Crippen molar-refractivity contribution in [1.82, 2.24) is 4.98 Å². The molecule has 0 bridgehead atoms. The van der Waals surface area contributed by atoms with Gasteiger partial charge in [0.15, 0.2) is 5.75 Å². The minimum atomic E-state index is 0.268. The highest BCUT2D eigenvalue weighted by atomic mass is 127. The Bertz CT molecular complexity index is 658. The van der Waals surface area contributed by atoms with Gasteiger partial charge in [0.25, 0.3) is 0 Å². The number of nitrogens with zero attached hydrogens (tertiary/aromatic N) is 1. The molecule has 2 aromatic rings. The van der Waals surface area contributed by atoms with Crippen molar-refractivity contribution in [3.8, 4) is 5.75 Å². The summed E-state index contributed by atoms with van der Waals surface area (Å²) < 4.78 is 7.24. The number of fused-ring (bicyclic) bond motifs is 1. The van der Waals surface area contributed by atoms with Crippen molar-refractivity contribution in [3.05, 3.63) is 33.0 Å². The molecular formula is C16H16BrClINO. The molecule has 2 nitrogen and oxygen atoms in total. The SMILES string of the molecule is Clc1cc(I)c(OCC2(CBr)CCCC2)c2ncccc12. The van der Waals surface area contributed by atoms with Gasteiger partial charge in [0.1, 0.15) is 5.52 Å². The Morgan fingerprint density at radius 2 is 2.14 bits per heavy atom. The summed E-state index contributed by atoms with van der Waals surface area (Å²) >= 11 is 12.3. The Hall–Kier alpha value is -0.0700. The third-order valence-corrected chi connectivity index (χ3v) is 6.52. The van der Waals surface area contributed by atoms with Crippen LogP contribution in [0, 0.1) is 8.99 Å². The van der Waals surface area contributed by atoms with Gasteiger partial charge in [-0.05, 0) is 53.6 Å². The first-order valence-corrected chi connectivity index (χ1v) is 9.64. The first-order chi connectivity index (χ1) is 10.2. The number of rotatable bonds is 4. The first-order valence-electron chi connectivity index (χ1n) is 7.07. The van der Waals surface area contributed by atoms with Gasteiger partial charge in [0, 0.05) is 22.3 Å². The van der Waals surface area contributed by atoms with E-state index in [9.17, 15) is 0 Å². The van der Waals surface area contributed by atoms with Gasteiger partial charge in [0.05, 0.1) is 15.2 Å². The van der Waals surface area contributed by atoms with Crippen LogP contribution in [0.5, 0.6) is 5.75 Å². The van der Waals surface area contributed by atoms with Crippen molar-refractivity contribution in [2.24, 2.45) is 5.41 Å². The fourth-order valence-electron chi connectivity index (χ4n) is 2.95. The zero-order valence-electron chi connectivity index (χ0n) is 11.5. The normalized spacial score (nSPS) is 17.3. The molecule has 5 heteroatoms. The quantitative estimate of drug-likeness (QED) is 0.406. The van der Waals surface area contributed by atoms with E-state index in [1.165, 1.54) is 25.7 Å². The average molecular weight is 481 g/mol. The van der Waals surface area contributed by atoms with Gasteiger partial charge < -0.3 is 4.74 Å². The Kier molecular flexibility index (Phi) is 4.96. The van der Waals surface area contributed by atoms with E-state index in [1.54, 1.807) is 6.20 Å². The van der Waals surface area contributed by atoms with Gasteiger partial charge in [0.2, 0.25) is 0 Å². The molecule has 3 rings (SSSR count). The molecule has 1 aliphatic carbocycles. The second kappa shape index (κ2) is 6.59. The summed E-state index contributed by atoms with van der Waals surface area (Å²) in [4.78, 5) is 4.47. The Balaban J connectivity index is 1.93. The molecule has 0 saturated heterocycles. The molecule has 0 amide bonds. The third-order valence-electron chi connectivity index (χ3n) is 4.22. The average Bonchev–Trinajstić information content (AvgIpc) is 2.96. The van der Waals surface area contributed by atoms with Crippen molar-refractivity contribution in [2.45, 2.75) is 25.7 Å². The van der Waals surface area contributed by atoms with Crippen LogP contribution in [-0.2, 0) is 0 Å². The van der Waals surface area contributed by atoms with Crippen LogP contribution in [0.15, 0.2) is 24.4 Å². The molecule has 1 fully saturated rings. The van der Waals surface area contributed by atoms with Crippen LogP contribution in [0.25, 0.3) is 10.9 Å². The van der Waals surface area contributed by atoms with Crippen molar-refractivity contribution < 1.29 is 4.74 Å². The molecule has 0 unspecified atom stereocenters. The van der Waals surface area contributed by atoms with Crippen LogP contribution >= 0.6 is 50.1 Å². The molecule has 21 heavy (non-hydrogen) atoms. The monoisotopic (exact) mass is 479 g/mol. The molecule has 1 aliphatic rings. The lowest BCUT2D eigenvalue weighted by atomic mass is 9.90. The van der Waals surface area contributed by atoms with E-state index in [-0.39, 0.29) is 5.41 Å². The zero-order chi connectivity index (χ0) is 14.9. The van der Waals surface area contributed by atoms with Gasteiger partial charge in [-0.15, -0.1) is 0 Å². The van der Waals surface area contributed by atoms with E-state index < -0.39 is 0 Å². The first kappa shape index (κ1) is 15.8. The van der Waals surface area contributed by atoms with Crippen molar-refractivity contribution in [1.29, 1.82) is 0 Å². The van der Waals surface area contributed by atoms with E-state index >= 15 is 0 Å². The lowest BCUT2D eigenvalue weighted by molar-refractivity contribution is 0.174. The molecule has 1 heterocycles. The van der Waals surface area contributed by atoms with Crippen LogP contribution in [0.2, 0.25) is 5.02 Å². The summed E-state index contributed by atoms with van der Waals surface area (Å²) in [6.07, 6.45) is 6.84. The Morgan fingerprint density at radius 1 is 1.38 bits per heavy atom. The van der Waals surface area contributed by atoms with Crippen LogP contribution in [-0.4, -0.2) is 16.9 Å². The van der Waals surface area contributed by atoms with Gasteiger partial charge in [-0.25, -0.2) is 0 Å². The summed E-state index contributed by atoms with van der Waals surface area (Å²) in [5, 5.41) is 2.68. The molecule has 0 radical (unpaired) electrons. The topological polar surface area (TPSA) is 22.1 Å². The number of hydrogen-bond donors (Lipinski definition) is 0. The number of halogens is 3. The number of ether oxygens (including phenoxy) is 1. The largest absolute Gasteiger partial charge is 0.490 e. The summed E-state index contributed by atoms with van der Waals surface area (Å²) in [5.74, 6) is 0.864. The van der Waals surface area contributed by atoms with Crippen LogP contribution in [0.4, 0.5) is 0 Å². The maximum Gasteiger partial charge on any atom is 0.158 e. The third kappa shape index (κ3) is 3.17. The molecule has 0 atom stereocenters. The summed E-state index contributed by atoms with van der Waals surface area (Å²) in [7, 11) is 0. The summed E-state index contributed by atoms with van der Waals surface area (Å²) in [5.41, 5.74) is 1.13. The molecule has 0 aliphatic heterocycles. The maximum absolute atomic E-state index is 6.31. The number of benzene rings is 1. The van der Waals surface area contributed by atoms with Gasteiger partial charge in [-0.1, -0.05) is 40.4 Å². The molecule has 112 valence electrons.